The SMILES string of the molecule is CCOCCn1nc(CCOCC2(C)CC2)c2nc(N(C)C)nc(Nc3cc(C)ccn3)c21. The molecule has 3 aromatic heterocycles. The molecule has 0 aliphatic heterocycles. The second-order valence-electron chi connectivity index (χ2n) is 9.29. The lowest BCUT2D eigenvalue weighted by atomic mass is 10.2. The Morgan fingerprint density at radius 3 is 2.70 bits per heavy atom. The number of ether oxygens (including phenoxy) is 2. The van der Waals surface area contributed by atoms with E-state index in [2.05, 4.69) is 17.2 Å². The van der Waals surface area contributed by atoms with Crippen LogP contribution in [0.3, 0.4) is 0 Å². The molecule has 3 aromatic rings. The van der Waals surface area contributed by atoms with Gasteiger partial charge >= 0.3 is 0 Å². The molecular weight excluding hydrogens is 418 g/mol. The minimum Gasteiger partial charge on any atom is -0.380 e. The Hall–Kier alpha value is -2.78. The van der Waals surface area contributed by atoms with Gasteiger partial charge in [-0.1, -0.05) is 6.92 Å². The summed E-state index contributed by atoms with van der Waals surface area (Å²) in [7, 11) is 3.88. The van der Waals surface area contributed by atoms with Gasteiger partial charge in [-0.25, -0.2) is 9.97 Å². The zero-order chi connectivity index (χ0) is 23.4. The highest BCUT2D eigenvalue weighted by Gasteiger charge is 2.37. The van der Waals surface area contributed by atoms with Crippen LogP contribution in [0.25, 0.3) is 11.0 Å². The summed E-state index contributed by atoms with van der Waals surface area (Å²) in [5, 5.41) is 8.31. The Bertz CT molecular complexity index is 1090. The lowest BCUT2D eigenvalue weighted by Gasteiger charge is -2.14. The van der Waals surface area contributed by atoms with Crippen molar-refractivity contribution in [2.24, 2.45) is 5.41 Å². The Balaban J connectivity index is 1.69. The molecule has 0 radical (unpaired) electrons. The first-order valence-corrected chi connectivity index (χ1v) is 11.7. The Morgan fingerprint density at radius 1 is 1.18 bits per heavy atom. The summed E-state index contributed by atoms with van der Waals surface area (Å²) in [4.78, 5) is 16.0. The van der Waals surface area contributed by atoms with Gasteiger partial charge < -0.3 is 19.7 Å². The van der Waals surface area contributed by atoms with Crippen molar-refractivity contribution in [3.8, 4) is 0 Å². The Labute approximate surface area is 195 Å². The number of aromatic nitrogens is 5. The van der Waals surface area contributed by atoms with E-state index in [9.17, 15) is 0 Å². The largest absolute Gasteiger partial charge is 0.380 e. The Morgan fingerprint density at radius 2 is 2.00 bits per heavy atom. The van der Waals surface area contributed by atoms with E-state index in [1.807, 2.05) is 49.7 Å². The number of hydrogen-bond donors (Lipinski definition) is 1. The molecule has 0 atom stereocenters. The molecule has 0 unspecified atom stereocenters. The van der Waals surface area contributed by atoms with E-state index < -0.39 is 0 Å². The molecule has 9 nitrogen and oxygen atoms in total. The van der Waals surface area contributed by atoms with E-state index in [1.54, 1.807) is 6.20 Å². The van der Waals surface area contributed by atoms with Gasteiger partial charge in [0, 0.05) is 33.3 Å². The molecule has 1 saturated carbocycles. The smallest absolute Gasteiger partial charge is 0.227 e. The molecule has 0 saturated heterocycles. The lowest BCUT2D eigenvalue weighted by Crippen LogP contribution is -2.15. The van der Waals surface area contributed by atoms with Crippen LogP contribution >= 0.6 is 0 Å². The highest BCUT2D eigenvalue weighted by molar-refractivity contribution is 5.90. The van der Waals surface area contributed by atoms with Gasteiger partial charge in [0.05, 0.1) is 32.1 Å². The third-order valence-corrected chi connectivity index (χ3v) is 5.90. The molecule has 4 rings (SSSR count). The highest BCUT2D eigenvalue weighted by Crippen LogP contribution is 2.44. The first-order valence-electron chi connectivity index (χ1n) is 11.7. The predicted octanol–water partition coefficient (Wildman–Crippen LogP) is 3.74. The average molecular weight is 454 g/mol. The molecule has 0 spiro atoms. The summed E-state index contributed by atoms with van der Waals surface area (Å²) < 4.78 is 13.5. The summed E-state index contributed by atoms with van der Waals surface area (Å²) in [6.07, 6.45) is 4.99. The topological polar surface area (TPSA) is 90.2 Å². The fourth-order valence-corrected chi connectivity index (χ4v) is 3.62. The van der Waals surface area contributed by atoms with Crippen LogP contribution in [0.5, 0.6) is 0 Å². The van der Waals surface area contributed by atoms with Crippen molar-refractivity contribution < 1.29 is 9.47 Å². The zero-order valence-corrected chi connectivity index (χ0v) is 20.4. The number of rotatable bonds is 12. The molecule has 178 valence electrons. The van der Waals surface area contributed by atoms with E-state index >= 15 is 0 Å². The van der Waals surface area contributed by atoms with Crippen molar-refractivity contribution in [1.82, 2.24) is 24.7 Å². The van der Waals surface area contributed by atoms with E-state index in [1.165, 1.54) is 12.8 Å². The van der Waals surface area contributed by atoms with E-state index in [-0.39, 0.29) is 0 Å². The molecule has 0 bridgehead atoms. The number of aryl methyl sites for hydroxylation is 1. The van der Waals surface area contributed by atoms with E-state index in [4.69, 9.17) is 24.5 Å². The van der Waals surface area contributed by atoms with Crippen molar-refractivity contribution >= 4 is 28.6 Å². The molecule has 1 aliphatic rings. The van der Waals surface area contributed by atoms with Gasteiger partial charge in [-0.05, 0) is 49.8 Å². The van der Waals surface area contributed by atoms with Crippen molar-refractivity contribution in [3.63, 3.8) is 0 Å². The quantitative estimate of drug-likeness (QED) is 0.415. The van der Waals surface area contributed by atoms with Crippen LogP contribution in [0.1, 0.15) is 37.9 Å². The fraction of sp³-hybridized carbons (Fsp3) is 0.583. The third-order valence-electron chi connectivity index (χ3n) is 5.90. The number of nitrogens with one attached hydrogen (secondary N) is 1. The minimum absolute atomic E-state index is 0.372. The monoisotopic (exact) mass is 453 g/mol. The lowest BCUT2D eigenvalue weighted by molar-refractivity contribution is 0.0985. The minimum atomic E-state index is 0.372. The number of anilines is 3. The standard InChI is InChI=1S/C24H35N7O2/c1-6-32-14-12-31-21-20(18(29-31)8-13-33-16-24(3)9-10-24)27-23(30(4)5)28-22(21)26-19-15-17(2)7-11-25-19/h7,11,15H,6,8-10,12-14,16H2,1-5H3,(H,25,26,27,28). The molecular formula is C24H35N7O2. The van der Waals surface area contributed by atoms with Gasteiger partial charge in [0.1, 0.15) is 16.9 Å². The van der Waals surface area contributed by atoms with Crippen LogP contribution in [0.15, 0.2) is 18.3 Å². The van der Waals surface area contributed by atoms with Crippen molar-refractivity contribution in [3.05, 3.63) is 29.6 Å². The van der Waals surface area contributed by atoms with Crippen molar-refractivity contribution in [2.45, 2.75) is 46.6 Å². The maximum atomic E-state index is 5.98. The molecule has 1 N–H and O–H groups in total. The van der Waals surface area contributed by atoms with Gasteiger partial charge in [-0.15, -0.1) is 0 Å². The second-order valence-corrected chi connectivity index (χ2v) is 9.29. The van der Waals surface area contributed by atoms with Gasteiger partial charge in [-0.3, -0.25) is 4.68 Å². The molecule has 3 heterocycles. The number of hydrogen-bond acceptors (Lipinski definition) is 8. The summed E-state index contributed by atoms with van der Waals surface area (Å²) in [6, 6.07) is 3.97. The number of pyridine rings is 1. The first-order chi connectivity index (χ1) is 15.9. The van der Waals surface area contributed by atoms with Gasteiger partial charge in [0.2, 0.25) is 5.95 Å². The summed E-state index contributed by atoms with van der Waals surface area (Å²) in [6.45, 7) is 9.59. The van der Waals surface area contributed by atoms with E-state index in [0.29, 0.717) is 50.0 Å². The average Bonchev–Trinajstić information content (AvgIpc) is 3.41. The molecule has 33 heavy (non-hydrogen) atoms. The summed E-state index contributed by atoms with van der Waals surface area (Å²) >= 11 is 0. The Kier molecular flexibility index (Phi) is 7.09. The van der Waals surface area contributed by atoms with Gasteiger partial charge in [0.15, 0.2) is 5.82 Å². The zero-order valence-electron chi connectivity index (χ0n) is 20.4. The number of nitrogens with zero attached hydrogens (tertiary/aromatic N) is 6. The molecule has 0 aromatic carbocycles. The third kappa shape index (κ3) is 5.78. The molecule has 1 fully saturated rings. The highest BCUT2D eigenvalue weighted by atomic mass is 16.5. The van der Waals surface area contributed by atoms with Crippen LogP contribution < -0.4 is 10.2 Å². The van der Waals surface area contributed by atoms with E-state index in [0.717, 1.165) is 34.7 Å². The number of fused-ring (bicyclic) bond motifs is 1. The van der Waals surface area contributed by atoms with Crippen LogP contribution in [0.2, 0.25) is 0 Å². The normalized spacial score (nSPS) is 14.6. The first kappa shape index (κ1) is 23.4. The second kappa shape index (κ2) is 10.0. The van der Waals surface area contributed by atoms with Crippen LogP contribution in [0.4, 0.5) is 17.6 Å². The predicted molar refractivity (Wildman–Crippen MR) is 130 cm³/mol. The molecule has 9 heteroatoms. The van der Waals surface area contributed by atoms with Gasteiger partial charge in [-0.2, -0.15) is 10.1 Å². The van der Waals surface area contributed by atoms with Crippen LogP contribution in [-0.4, -0.2) is 65.3 Å². The molecule has 0 amide bonds. The maximum absolute atomic E-state index is 5.98. The summed E-state index contributed by atoms with van der Waals surface area (Å²) in [5.74, 6) is 2.04. The van der Waals surface area contributed by atoms with Crippen molar-refractivity contribution in [1.29, 1.82) is 0 Å². The summed E-state index contributed by atoms with van der Waals surface area (Å²) in [5.41, 5.74) is 4.09. The van der Waals surface area contributed by atoms with Crippen molar-refractivity contribution in [2.75, 3.05) is 50.7 Å². The van der Waals surface area contributed by atoms with Crippen LogP contribution in [-0.2, 0) is 22.4 Å². The molecule has 1 aliphatic carbocycles. The fourth-order valence-electron chi connectivity index (χ4n) is 3.62. The van der Waals surface area contributed by atoms with Crippen LogP contribution in [0, 0.1) is 12.3 Å². The maximum Gasteiger partial charge on any atom is 0.227 e. The van der Waals surface area contributed by atoms with Gasteiger partial charge in [0.25, 0.3) is 0 Å².